The molecule has 0 aliphatic carbocycles. The van der Waals surface area contributed by atoms with Crippen LogP contribution in [0.15, 0.2) is 53.0 Å². The molecule has 2 heterocycles. The SMILES string of the molecule is Fc1ccc(Cn2cc(CSc3nc4ccccc4s3)nn2)cc1F. The van der Waals surface area contributed by atoms with Gasteiger partial charge in [0.15, 0.2) is 16.0 Å². The molecule has 0 spiro atoms. The van der Waals surface area contributed by atoms with E-state index in [1.165, 1.54) is 12.1 Å². The van der Waals surface area contributed by atoms with Crippen molar-refractivity contribution >= 4 is 33.3 Å². The third-order valence-corrected chi connectivity index (χ3v) is 5.75. The fourth-order valence-electron chi connectivity index (χ4n) is 2.36. The number of halogens is 2. The van der Waals surface area contributed by atoms with Crippen LogP contribution in [0.3, 0.4) is 0 Å². The Morgan fingerprint density at radius 3 is 2.80 bits per heavy atom. The van der Waals surface area contributed by atoms with Crippen molar-refractivity contribution in [1.29, 1.82) is 0 Å². The smallest absolute Gasteiger partial charge is 0.159 e. The van der Waals surface area contributed by atoms with Gasteiger partial charge in [-0.1, -0.05) is 35.2 Å². The van der Waals surface area contributed by atoms with E-state index in [-0.39, 0.29) is 0 Å². The van der Waals surface area contributed by atoms with Crippen molar-refractivity contribution in [1.82, 2.24) is 20.0 Å². The number of nitrogens with zero attached hydrogens (tertiary/aromatic N) is 4. The molecule has 0 saturated carbocycles. The summed E-state index contributed by atoms with van der Waals surface area (Å²) >= 11 is 3.25. The van der Waals surface area contributed by atoms with Crippen LogP contribution in [0.25, 0.3) is 10.2 Å². The number of hydrogen-bond acceptors (Lipinski definition) is 5. The van der Waals surface area contributed by atoms with Gasteiger partial charge in [0, 0.05) is 11.9 Å². The summed E-state index contributed by atoms with van der Waals surface area (Å²) in [5.74, 6) is -1.06. The fourth-order valence-corrected chi connectivity index (χ4v) is 4.30. The number of fused-ring (bicyclic) bond motifs is 1. The molecular formula is C17H12F2N4S2. The van der Waals surface area contributed by atoms with Crippen molar-refractivity contribution in [2.45, 2.75) is 16.6 Å². The van der Waals surface area contributed by atoms with E-state index in [1.54, 1.807) is 27.8 Å². The molecule has 4 aromatic rings. The fraction of sp³-hybridized carbons (Fsp3) is 0.118. The molecule has 8 heteroatoms. The van der Waals surface area contributed by atoms with Gasteiger partial charge in [-0.3, -0.25) is 0 Å². The lowest BCUT2D eigenvalue weighted by Crippen LogP contribution is -2.01. The van der Waals surface area contributed by atoms with Crippen LogP contribution in [0.2, 0.25) is 0 Å². The van der Waals surface area contributed by atoms with E-state index in [2.05, 4.69) is 21.4 Å². The third kappa shape index (κ3) is 3.69. The van der Waals surface area contributed by atoms with Crippen LogP contribution < -0.4 is 0 Å². The van der Waals surface area contributed by atoms with E-state index in [4.69, 9.17) is 0 Å². The third-order valence-electron chi connectivity index (χ3n) is 3.53. The Bertz CT molecular complexity index is 995. The largest absolute Gasteiger partial charge is 0.248 e. The molecule has 4 nitrogen and oxygen atoms in total. The number of hydrogen-bond donors (Lipinski definition) is 0. The van der Waals surface area contributed by atoms with Gasteiger partial charge in [0.05, 0.1) is 22.5 Å². The standard InChI is InChI=1S/C17H12F2N4S2/c18-13-6-5-11(7-14(13)19)8-23-9-12(21-22-23)10-24-17-20-15-3-1-2-4-16(15)25-17/h1-7,9H,8,10H2. The van der Waals surface area contributed by atoms with Crippen molar-refractivity contribution in [3.05, 3.63) is 71.6 Å². The van der Waals surface area contributed by atoms with Crippen LogP contribution in [-0.4, -0.2) is 20.0 Å². The molecule has 0 bridgehead atoms. The molecule has 0 amide bonds. The van der Waals surface area contributed by atoms with Crippen molar-refractivity contribution in [3.63, 3.8) is 0 Å². The van der Waals surface area contributed by atoms with Gasteiger partial charge in [0.25, 0.3) is 0 Å². The summed E-state index contributed by atoms with van der Waals surface area (Å²) in [6.07, 6.45) is 1.81. The van der Waals surface area contributed by atoms with Crippen LogP contribution in [0.5, 0.6) is 0 Å². The van der Waals surface area contributed by atoms with E-state index in [0.717, 1.165) is 26.3 Å². The maximum atomic E-state index is 13.3. The number of benzene rings is 2. The Morgan fingerprint density at radius 2 is 1.96 bits per heavy atom. The summed E-state index contributed by atoms with van der Waals surface area (Å²) in [6.45, 7) is 0.343. The molecule has 0 unspecified atom stereocenters. The molecule has 25 heavy (non-hydrogen) atoms. The first kappa shape index (κ1) is 16.2. The number of para-hydroxylation sites is 1. The first-order valence-corrected chi connectivity index (χ1v) is 9.29. The van der Waals surface area contributed by atoms with Gasteiger partial charge in [-0.2, -0.15) is 0 Å². The van der Waals surface area contributed by atoms with Crippen molar-refractivity contribution in [2.24, 2.45) is 0 Å². The molecule has 0 fully saturated rings. The second-order valence-electron chi connectivity index (χ2n) is 5.39. The maximum absolute atomic E-state index is 13.3. The van der Waals surface area contributed by atoms with Gasteiger partial charge < -0.3 is 0 Å². The minimum absolute atomic E-state index is 0.343. The average Bonchev–Trinajstić information content (AvgIpc) is 3.22. The van der Waals surface area contributed by atoms with Crippen LogP contribution in [0.1, 0.15) is 11.3 Å². The minimum atomic E-state index is -0.857. The van der Waals surface area contributed by atoms with Gasteiger partial charge >= 0.3 is 0 Å². The van der Waals surface area contributed by atoms with E-state index in [9.17, 15) is 8.78 Å². The zero-order chi connectivity index (χ0) is 17.2. The van der Waals surface area contributed by atoms with Crippen molar-refractivity contribution in [3.8, 4) is 0 Å². The molecule has 0 radical (unpaired) electrons. The highest BCUT2D eigenvalue weighted by Gasteiger charge is 2.08. The lowest BCUT2D eigenvalue weighted by Gasteiger charge is -2.01. The van der Waals surface area contributed by atoms with E-state index in [0.29, 0.717) is 17.9 Å². The number of thioether (sulfide) groups is 1. The van der Waals surface area contributed by atoms with E-state index < -0.39 is 11.6 Å². The Labute approximate surface area is 150 Å². The van der Waals surface area contributed by atoms with Crippen LogP contribution >= 0.6 is 23.1 Å². The highest BCUT2D eigenvalue weighted by Crippen LogP contribution is 2.30. The minimum Gasteiger partial charge on any atom is -0.248 e. The Hall–Kier alpha value is -2.32. The van der Waals surface area contributed by atoms with Crippen molar-refractivity contribution < 1.29 is 8.78 Å². The highest BCUT2D eigenvalue weighted by atomic mass is 32.2. The normalized spacial score (nSPS) is 11.3. The first-order chi connectivity index (χ1) is 12.2. The van der Waals surface area contributed by atoms with Crippen LogP contribution in [-0.2, 0) is 12.3 Å². The predicted molar refractivity (Wildman–Crippen MR) is 94.7 cm³/mol. The van der Waals surface area contributed by atoms with Gasteiger partial charge in [0.1, 0.15) is 0 Å². The molecule has 2 aromatic carbocycles. The lowest BCUT2D eigenvalue weighted by molar-refractivity contribution is 0.505. The Balaban J connectivity index is 1.41. The quantitative estimate of drug-likeness (QED) is 0.482. The van der Waals surface area contributed by atoms with Gasteiger partial charge in [-0.05, 0) is 29.8 Å². The van der Waals surface area contributed by atoms with Gasteiger partial charge in [-0.25, -0.2) is 18.4 Å². The highest BCUT2D eigenvalue weighted by molar-refractivity contribution is 8.00. The number of thiazole rings is 1. The summed E-state index contributed by atoms with van der Waals surface area (Å²) < 4.78 is 30.0. The topological polar surface area (TPSA) is 43.6 Å². The van der Waals surface area contributed by atoms with Gasteiger partial charge in [0.2, 0.25) is 0 Å². The summed E-state index contributed by atoms with van der Waals surface area (Å²) in [5.41, 5.74) is 2.44. The monoisotopic (exact) mass is 374 g/mol. The van der Waals surface area contributed by atoms with Crippen LogP contribution in [0.4, 0.5) is 8.78 Å². The average molecular weight is 374 g/mol. The van der Waals surface area contributed by atoms with Crippen LogP contribution in [0, 0.1) is 11.6 Å². The summed E-state index contributed by atoms with van der Waals surface area (Å²) in [7, 11) is 0. The van der Waals surface area contributed by atoms with E-state index in [1.807, 2.05) is 24.4 Å². The summed E-state index contributed by atoms with van der Waals surface area (Å²) in [6, 6.07) is 11.8. The zero-order valence-corrected chi connectivity index (χ0v) is 14.5. The molecule has 0 N–H and O–H groups in total. The molecule has 0 aliphatic heterocycles. The number of aromatic nitrogens is 4. The summed E-state index contributed by atoms with van der Waals surface area (Å²) in [5, 5.41) is 8.16. The lowest BCUT2D eigenvalue weighted by atomic mass is 10.2. The van der Waals surface area contributed by atoms with Crippen molar-refractivity contribution in [2.75, 3.05) is 0 Å². The molecule has 0 aliphatic rings. The second-order valence-corrected chi connectivity index (χ2v) is 7.65. The Morgan fingerprint density at radius 1 is 1.08 bits per heavy atom. The molecule has 4 rings (SSSR count). The first-order valence-electron chi connectivity index (χ1n) is 7.49. The summed E-state index contributed by atoms with van der Waals surface area (Å²) in [4.78, 5) is 4.57. The molecular weight excluding hydrogens is 362 g/mol. The van der Waals surface area contributed by atoms with E-state index >= 15 is 0 Å². The molecule has 0 saturated heterocycles. The molecule has 0 atom stereocenters. The molecule has 126 valence electrons. The van der Waals surface area contributed by atoms with Gasteiger partial charge in [-0.15, -0.1) is 16.4 Å². The Kier molecular flexibility index (Phi) is 4.46. The predicted octanol–water partition coefficient (Wildman–Crippen LogP) is 4.51. The zero-order valence-electron chi connectivity index (χ0n) is 12.9. The molecule has 2 aromatic heterocycles. The maximum Gasteiger partial charge on any atom is 0.159 e. The number of rotatable bonds is 5. The second kappa shape index (κ2) is 6.89.